The van der Waals surface area contributed by atoms with Crippen molar-refractivity contribution in [3.05, 3.63) is 59.2 Å². The van der Waals surface area contributed by atoms with Crippen molar-refractivity contribution in [1.29, 1.82) is 0 Å². The molecule has 0 aliphatic rings. The Morgan fingerprint density at radius 1 is 1.24 bits per heavy atom. The second kappa shape index (κ2) is 6.21. The molecule has 0 spiro atoms. The van der Waals surface area contributed by atoms with Crippen LogP contribution in [0.3, 0.4) is 0 Å². The molecule has 2 aromatic carbocycles. The number of phenols is 1. The number of hydrogen-bond acceptors (Lipinski definition) is 3. The summed E-state index contributed by atoms with van der Waals surface area (Å²) < 4.78 is 31.4. The summed E-state index contributed by atoms with van der Waals surface area (Å²) in [5, 5.41) is 12.1. The van der Waals surface area contributed by atoms with Gasteiger partial charge in [-0.2, -0.15) is 0 Å². The van der Waals surface area contributed by atoms with Crippen LogP contribution in [-0.2, 0) is 6.54 Å². The van der Waals surface area contributed by atoms with E-state index in [0.717, 1.165) is 18.2 Å². The maximum atomic E-state index is 13.4. The molecule has 0 atom stereocenters. The van der Waals surface area contributed by atoms with Crippen LogP contribution in [0.15, 0.2) is 36.4 Å². The minimum atomic E-state index is -0.619. The van der Waals surface area contributed by atoms with Crippen molar-refractivity contribution in [2.45, 2.75) is 6.54 Å². The number of phenolic OH excluding ortho intramolecular Hbond substituents is 1. The topological polar surface area (TPSA) is 58.6 Å². The minimum Gasteiger partial charge on any atom is -0.507 e. The lowest BCUT2D eigenvalue weighted by Gasteiger charge is -2.09. The van der Waals surface area contributed by atoms with E-state index in [1.54, 1.807) is 0 Å². The van der Waals surface area contributed by atoms with Gasteiger partial charge in [-0.25, -0.2) is 8.78 Å². The number of carbonyl (C=O) groups is 1. The van der Waals surface area contributed by atoms with Crippen LogP contribution >= 0.6 is 0 Å². The molecule has 0 saturated heterocycles. The third kappa shape index (κ3) is 3.47. The fourth-order valence-corrected chi connectivity index (χ4v) is 1.77. The summed E-state index contributed by atoms with van der Waals surface area (Å²) in [7, 11) is 1.43. The number of nitrogens with one attached hydrogen (secondary N) is 1. The van der Waals surface area contributed by atoms with Crippen molar-refractivity contribution in [3.63, 3.8) is 0 Å². The van der Waals surface area contributed by atoms with Gasteiger partial charge in [0.25, 0.3) is 5.91 Å². The van der Waals surface area contributed by atoms with E-state index < -0.39 is 17.5 Å². The Labute approximate surface area is 120 Å². The van der Waals surface area contributed by atoms with Crippen LogP contribution < -0.4 is 10.1 Å². The molecule has 0 bridgehead atoms. The van der Waals surface area contributed by atoms with E-state index in [2.05, 4.69) is 5.32 Å². The number of amides is 1. The maximum Gasteiger partial charge on any atom is 0.255 e. The normalized spacial score (nSPS) is 10.2. The van der Waals surface area contributed by atoms with Gasteiger partial charge in [0.1, 0.15) is 23.1 Å². The highest BCUT2D eigenvalue weighted by Gasteiger charge is 2.13. The molecule has 0 aromatic heterocycles. The first-order valence-electron chi connectivity index (χ1n) is 6.10. The summed E-state index contributed by atoms with van der Waals surface area (Å²) in [5.74, 6) is -1.66. The van der Waals surface area contributed by atoms with Crippen LogP contribution in [-0.4, -0.2) is 18.1 Å². The van der Waals surface area contributed by atoms with E-state index in [-0.39, 0.29) is 23.4 Å². The Balaban J connectivity index is 2.13. The molecule has 0 aliphatic heterocycles. The first kappa shape index (κ1) is 14.8. The van der Waals surface area contributed by atoms with Gasteiger partial charge in [0.05, 0.1) is 12.7 Å². The zero-order valence-electron chi connectivity index (χ0n) is 11.2. The molecule has 0 saturated carbocycles. The third-order valence-electron chi connectivity index (χ3n) is 2.90. The van der Waals surface area contributed by atoms with Gasteiger partial charge in [0, 0.05) is 12.1 Å². The summed E-state index contributed by atoms with van der Waals surface area (Å²) in [5.41, 5.74) is 0.0110. The molecule has 2 rings (SSSR count). The smallest absolute Gasteiger partial charge is 0.255 e. The predicted molar refractivity (Wildman–Crippen MR) is 72.2 cm³/mol. The predicted octanol–water partition coefficient (Wildman–Crippen LogP) is 2.61. The van der Waals surface area contributed by atoms with Gasteiger partial charge in [-0.15, -0.1) is 0 Å². The van der Waals surface area contributed by atoms with Crippen molar-refractivity contribution < 1.29 is 23.4 Å². The number of halogens is 2. The molecule has 4 nitrogen and oxygen atoms in total. The highest BCUT2D eigenvalue weighted by Crippen LogP contribution is 2.22. The average molecular weight is 293 g/mol. The first-order valence-corrected chi connectivity index (χ1v) is 6.10. The van der Waals surface area contributed by atoms with E-state index in [4.69, 9.17) is 4.74 Å². The van der Waals surface area contributed by atoms with Gasteiger partial charge in [-0.1, -0.05) is 0 Å². The summed E-state index contributed by atoms with van der Waals surface area (Å²) in [6.07, 6.45) is 0. The molecule has 110 valence electrons. The van der Waals surface area contributed by atoms with Crippen molar-refractivity contribution in [2.24, 2.45) is 0 Å². The average Bonchev–Trinajstić information content (AvgIpc) is 2.48. The Morgan fingerprint density at radius 3 is 2.71 bits per heavy atom. The van der Waals surface area contributed by atoms with Crippen molar-refractivity contribution >= 4 is 5.91 Å². The second-order valence-corrected chi connectivity index (χ2v) is 4.30. The van der Waals surface area contributed by atoms with E-state index in [9.17, 15) is 18.7 Å². The largest absolute Gasteiger partial charge is 0.507 e. The van der Waals surface area contributed by atoms with Crippen LogP contribution in [0.4, 0.5) is 8.78 Å². The monoisotopic (exact) mass is 293 g/mol. The molecular weight excluding hydrogens is 280 g/mol. The summed E-state index contributed by atoms with van der Waals surface area (Å²) in [6.45, 7) is -0.195. The Bertz CT molecular complexity index is 674. The molecule has 0 radical (unpaired) electrons. The molecule has 1 amide bonds. The lowest BCUT2D eigenvalue weighted by Crippen LogP contribution is -2.23. The first-order chi connectivity index (χ1) is 10.0. The van der Waals surface area contributed by atoms with Crippen molar-refractivity contribution in [3.8, 4) is 11.5 Å². The minimum absolute atomic E-state index is 0.00818. The molecule has 21 heavy (non-hydrogen) atoms. The number of methoxy groups -OCH3 is 1. The highest BCUT2D eigenvalue weighted by atomic mass is 19.1. The maximum absolute atomic E-state index is 13.4. The van der Waals surface area contributed by atoms with Gasteiger partial charge in [0.15, 0.2) is 0 Å². The number of carbonyl (C=O) groups excluding carboxylic acids is 1. The van der Waals surface area contributed by atoms with Crippen LogP contribution in [0.2, 0.25) is 0 Å². The van der Waals surface area contributed by atoms with E-state index in [0.29, 0.717) is 5.75 Å². The summed E-state index contributed by atoms with van der Waals surface area (Å²) >= 11 is 0. The zero-order chi connectivity index (χ0) is 15.4. The number of benzene rings is 2. The van der Waals surface area contributed by atoms with E-state index in [1.165, 1.54) is 25.3 Å². The Morgan fingerprint density at radius 2 is 2.00 bits per heavy atom. The number of ether oxygens (including phenoxy) is 1. The summed E-state index contributed by atoms with van der Waals surface area (Å²) in [4.78, 5) is 12.0. The molecule has 2 N–H and O–H groups in total. The standard InChI is InChI=1S/C15H13F2NO3/c1-21-11-3-5-14(19)12(7-11)15(20)18-8-9-6-10(16)2-4-13(9)17/h2-7,19H,8H2,1H3,(H,18,20). The summed E-state index contributed by atoms with van der Waals surface area (Å²) in [6, 6.07) is 7.15. The van der Waals surface area contributed by atoms with Crippen LogP contribution in [0.5, 0.6) is 11.5 Å². The van der Waals surface area contributed by atoms with Gasteiger partial charge in [-0.3, -0.25) is 4.79 Å². The van der Waals surface area contributed by atoms with Gasteiger partial charge in [-0.05, 0) is 36.4 Å². The van der Waals surface area contributed by atoms with Crippen LogP contribution in [0, 0.1) is 11.6 Å². The van der Waals surface area contributed by atoms with E-state index in [1.807, 2.05) is 0 Å². The fourth-order valence-electron chi connectivity index (χ4n) is 1.77. The van der Waals surface area contributed by atoms with Gasteiger partial charge in [0.2, 0.25) is 0 Å². The second-order valence-electron chi connectivity index (χ2n) is 4.30. The Hall–Kier alpha value is -2.63. The molecule has 2 aromatic rings. The van der Waals surface area contributed by atoms with Gasteiger partial charge >= 0.3 is 0 Å². The lowest BCUT2D eigenvalue weighted by molar-refractivity contribution is 0.0947. The zero-order valence-corrected chi connectivity index (χ0v) is 11.2. The molecule has 0 fully saturated rings. The molecule has 0 unspecified atom stereocenters. The molecule has 6 heteroatoms. The third-order valence-corrected chi connectivity index (χ3v) is 2.90. The number of hydrogen-bond donors (Lipinski definition) is 2. The van der Waals surface area contributed by atoms with Crippen LogP contribution in [0.1, 0.15) is 15.9 Å². The fraction of sp³-hybridized carbons (Fsp3) is 0.133. The lowest BCUT2D eigenvalue weighted by atomic mass is 10.1. The SMILES string of the molecule is COc1ccc(O)c(C(=O)NCc2cc(F)ccc2F)c1. The van der Waals surface area contributed by atoms with E-state index >= 15 is 0 Å². The quantitative estimate of drug-likeness (QED) is 0.911. The number of rotatable bonds is 4. The number of aromatic hydroxyl groups is 1. The molecular formula is C15H13F2NO3. The van der Waals surface area contributed by atoms with Crippen molar-refractivity contribution in [1.82, 2.24) is 5.32 Å². The molecule has 0 heterocycles. The Kier molecular flexibility index (Phi) is 4.37. The van der Waals surface area contributed by atoms with Crippen molar-refractivity contribution in [2.75, 3.05) is 7.11 Å². The highest BCUT2D eigenvalue weighted by molar-refractivity contribution is 5.97. The van der Waals surface area contributed by atoms with Crippen LogP contribution in [0.25, 0.3) is 0 Å². The molecule has 0 aliphatic carbocycles. The van der Waals surface area contributed by atoms with Gasteiger partial charge < -0.3 is 15.2 Å².